The number of benzene rings is 1. The Morgan fingerprint density at radius 3 is 2.17 bits per heavy atom. The second-order valence-corrected chi connectivity index (χ2v) is 5.14. The normalized spacial score (nSPS) is 27.1. The zero-order valence-electron chi connectivity index (χ0n) is 11.0. The Hall–Kier alpha value is -0.900. The van der Waals surface area contributed by atoms with E-state index >= 15 is 0 Å². The lowest BCUT2D eigenvalue weighted by Gasteiger charge is -2.44. The smallest absolute Gasteiger partial charge is 0.0587 e. The molecule has 0 spiro atoms. The topological polar surface area (TPSA) is 43.7 Å². The molecule has 1 fully saturated rings. The number of aliphatic hydroxyl groups excluding tert-OH is 2. The second-order valence-electron chi connectivity index (χ2n) is 5.14. The molecule has 3 heteroatoms. The first-order valence-corrected chi connectivity index (χ1v) is 6.82. The third kappa shape index (κ3) is 2.74. The standard InChI is InChI=1S/C15H23NO2/c1-12(13-6-3-2-4-7-13)16-14(10-17)8-5-9-15(16)11-18/h2-4,6-7,12,14-15,17-18H,5,8-11H2,1H3/t12-,14+,15+/m0/s1. The van der Waals surface area contributed by atoms with Crippen molar-refractivity contribution >= 4 is 0 Å². The zero-order chi connectivity index (χ0) is 13.0. The van der Waals surface area contributed by atoms with E-state index in [0.29, 0.717) is 0 Å². The van der Waals surface area contributed by atoms with Gasteiger partial charge in [-0.3, -0.25) is 4.90 Å². The van der Waals surface area contributed by atoms with Crippen molar-refractivity contribution in [2.75, 3.05) is 13.2 Å². The average molecular weight is 249 g/mol. The van der Waals surface area contributed by atoms with Crippen molar-refractivity contribution in [3.63, 3.8) is 0 Å². The highest BCUT2D eigenvalue weighted by Gasteiger charge is 2.33. The first-order valence-electron chi connectivity index (χ1n) is 6.82. The number of hydrogen-bond acceptors (Lipinski definition) is 3. The van der Waals surface area contributed by atoms with Crippen LogP contribution < -0.4 is 0 Å². The van der Waals surface area contributed by atoms with E-state index in [1.807, 2.05) is 18.2 Å². The summed E-state index contributed by atoms with van der Waals surface area (Å²) in [7, 11) is 0. The van der Waals surface area contributed by atoms with E-state index in [1.165, 1.54) is 5.56 Å². The van der Waals surface area contributed by atoms with Gasteiger partial charge in [0.2, 0.25) is 0 Å². The summed E-state index contributed by atoms with van der Waals surface area (Å²) in [5, 5.41) is 19.1. The fourth-order valence-electron chi connectivity index (χ4n) is 3.09. The van der Waals surface area contributed by atoms with Gasteiger partial charge in [-0.25, -0.2) is 0 Å². The summed E-state index contributed by atoms with van der Waals surface area (Å²) >= 11 is 0. The van der Waals surface area contributed by atoms with Crippen LogP contribution in [0.4, 0.5) is 0 Å². The highest BCUT2D eigenvalue weighted by Crippen LogP contribution is 2.32. The fourth-order valence-corrected chi connectivity index (χ4v) is 3.09. The Bertz CT molecular complexity index is 343. The minimum atomic E-state index is 0.172. The van der Waals surface area contributed by atoms with E-state index in [9.17, 15) is 10.2 Å². The van der Waals surface area contributed by atoms with Gasteiger partial charge in [0.05, 0.1) is 13.2 Å². The van der Waals surface area contributed by atoms with Crippen molar-refractivity contribution in [1.29, 1.82) is 0 Å². The van der Waals surface area contributed by atoms with Gasteiger partial charge in [0, 0.05) is 18.1 Å². The van der Waals surface area contributed by atoms with E-state index in [1.54, 1.807) is 0 Å². The highest BCUT2D eigenvalue weighted by atomic mass is 16.3. The Morgan fingerprint density at radius 1 is 1.11 bits per heavy atom. The quantitative estimate of drug-likeness (QED) is 0.857. The fraction of sp³-hybridized carbons (Fsp3) is 0.600. The molecule has 1 aromatic rings. The molecule has 0 unspecified atom stereocenters. The Balaban J connectivity index is 2.20. The summed E-state index contributed by atoms with van der Waals surface area (Å²) in [4.78, 5) is 2.29. The molecule has 1 aliphatic rings. The molecule has 100 valence electrons. The monoisotopic (exact) mass is 249 g/mol. The van der Waals surface area contributed by atoms with Gasteiger partial charge in [0.25, 0.3) is 0 Å². The van der Waals surface area contributed by atoms with E-state index in [4.69, 9.17) is 0 Å². The lowest BCUT2D eigenvalue weighted by molar-refractivity contribution is -0.00940. The predicted molar refractivity (Wildman–Crippen MR) is 72.3 cm³/mol. The maximum absolute atomic E-state index is 9.55. The van der Waals surface area contributed by atoms with Crippen molar-refractivity contribution in [2.45, 2.75) is 44.3 Å². The Kier molecular flexibility index (Phi) is 4.75. The van der Waals surface area contributed by atoms with Crippen LogP contribution in [0.3, 0.4) is 0 Å². The van der Waals surface area contributed by atoms with Crippen LogP contribution in [0.2, 0.25) is 0 Å². The van der Waals surface area contributed by atoms with Gasteiger partial charge in [-0.15, -0.1) is 0 Å². The van der Waals surface area contributed by atoms with Crippen LogP contribution in [-0.4, -0.2) is 40.4 Å². The Labute approximate surface area is 109 Å². The molecule has 18 heavy (non-hydrogen) atoms. The molecule has 1 heterocycles. The minimum Gasteiger partial charge on any atom is -0.395 e. The molecule has 1 aromatic carbocycles. The molecule has 0 radical (unpaired) electrons. The second kappa shape index (κ2) is 6.32. The SMILES string of the molecule is C[C@@H](c1ccccc1)N1[C@@H](CO)CCC[C@@H]1CO. The lowest BCUT2D eigenvalue weighted by Crippen LogP contribution is -2.50. The summed E-state index contributed by atoms with van der Waals surface area (Å²) in [6.45, 7) is 2.51. The molecule has 0 aromatic heterocycles. The van der Waals surface area contributed by atoms with Crippen molar-refractivity contribution in [2.24, 2.45) is 0 Å². The van der Waals surface area contributed by atoms with Gasteiger partial charge >= 0.3 is 0 Å². The number of hydrogen-bond donors (Lipinski definition) is 2. The van der Waals surface area contributed by atoms with E-state index in [-0.39, 0.29) is 31.3 Å². The number of nitrogens with zero attached hydrogens (tertiary/aromatic N) is 1. The number of piperidine rings is 1. The van der Waals surface area contributed by atoms with Gasteiger partial charge in [0.15, 0.2) is 0 Å². The minimum absolute atomic E-state index is 0.172. The first kappa shape index (κ1) is 13.5. The molecule has 2 N–H and O–H groups in total. The molecule has 1 saturated heterocycles. The third-order valence-electron chi connectivity index (χ3n) is 4.07. The molecule has 2 rings (SSSR count). The highest BCUT2D eigenvalue weighted by molar-refractivity contribution is 5.19. The maximum Gasteiger partial charge on any atom is 0.0587 e. The lowest BCUT2D eigenvalue weighted by atomic mass is 9.92. The van der Waals surface area contributed by atoms with Gasteiger partial charge in [-0.1, -0.05) is 36.8 Å². The van der Waals surface area contributed by atoms with Crippen LogP contribution in [0.25, 0.3) is 0 Å². The van der Waals surface area contributed by atoms with Crippen molar-refractivity contribution in [1.82, 2.24) is 4.90 Å². The number of aliphatic hydroxyl groups is 2. The van der Waals surface area contributed by atoms with Crippen molar-refractivity contribution in [3.8, 4) is 0 Å². The van der Waals surface area contributed by atoms with Crippen LogP contribution in [0, 0.1) is 0 Å². The van der Waals surface area contributed by atoms with Gasteiger partial charge in [-0.05, 0) is 25.3 Å². The van der Waals surface area contributed by atoms with Crippen LogP contribution in [0.5, 0.6) is 0 Å². The summed E-state index contributed by atoms with van der Waals surface area (Å²) < 4.78 is 0. The Morgan fingerprint density at radius 2 is 1.67 bits per heavy atom. The summed E-state index contributed by atoms with van der Waals surface area (Å²) in [5.74, 6) is 0. The molecule has 0 saturated carbocycles. The van der Waals surface area contributed by atoms with Crippen molar-refractivity contribution in [3.05, 3.63) is 35.9 Å². The maximum atomic E-state index is 9.55. The molecule has 3 nitrogen and oxygen atoms in total. The van der Waals surface area contributed by atoms with E-state index < -0.39 is 0 Å². The largest absolute Gasteiger partial charge is 0.395 e. The van der Waals surface area contributed by atoms with Gasteiger partial charge < -0.3 is 10.2 Å². The molecular weight excluding hydrogens is 226 g/mol. The molecule has 1 aliphatic heterocycles. The zero-order valence-corrected chi connectivity index (χ0v) is 11.0. The van der Waals surface area contributed by atoms with Crippen LogP contribution in [-0.2, 0) is 0 Å². The predicted octanol–water partition coefficient (Wildman–Crippen LogP) is 1.96. The molecule has 0 amide bonds. The van der Waals surface area contributed by atoms with Gasteiger partial charge in [0.1, 0.15) is 0 Å². The molecular formula is C15H23NO2. The molecule has 0 aliphatic carbocycles. The van der Waals surface area contributed by atoms with Crippen LogP contribution in [0.1, 0.15) is 37.8 Å². The van der Waals surface area contributed by atoms with E-state index in [2.05, 4.69) is 24.0 Å². The van der Waals surface area contributed by atoms with Crippen LogP contribution in [0.15, 0.2) is 30.3 Å². The average Bonchev–Trinajstić information content (AvgIpc) is 2.46. The van der Waals surface area contributed by atoms with E-state index in [0.717, 1.165) is 19.3 Å². The number of likely N-dealkylation sites (tertiary alicyclic amines) is 1. The van der Waals surface area contributed by atoms with Gasteiger partial charge in [-0.2, -0.15) is 0 Å². The summed E-state index contributed by atoms with van der Waals surface area (Å²) in [6.07, 6.45) is 3.13. The first-order chi connectivity index (χ1) is 8.77. The summed E-state index contributed by atoms with van der Waals surface area (Å²) in [5.41, 5.74) is 1.25. The van der Waals surface area contributed by atoms with Crippen LogP contribution >= 0.6 is 0 Å². The summed E-state index contributed by atoms with van der Waals surface area (Å²) in [6, 6.07) is 10.9. The van der Waals surface area contributed by atoms with Crippen molar-refractivity contribution < 1.29 is 10.2 Å². The number of rotatable bonds is 4. The molecule has 3 atom stereocenters. The third-order valence-corrected chi connectivity index (χ3v) is 4.07. The molecule has 0 bridgehead atoms.